The van der Waals surface area contributed by atoms with Crippen molar-refractivity contribution in [2.45, 2.75) is 39.2 Å². The summed E-state index contributed by atoms with van der Waals surface area (Å²) in [4.78, 5) is 11.9. The zero-order valence-electron chi connectivity index (χ0n) is 9.83. The van der Waals surface area contributed by atoms with Gasteiger partial charge in [-0.05, 0) is 24.4 Å². The molecule has 1 aromatic rings. The highest BCUT2D eigenvalue weighted by Crippen LogP contribution is 2.13. The third-order valence-corrected chi connectivity index (χ3v) is 2.40. The highest BCUT2D eigenvalue weighted by Gasteiger charge is 2.09. The molecular weight excluding hydrogens is 228 g/mol. The highest BCUT2D eigenvalue weighted by atomic mass is 35.5. The van der Waals surface area contributed by atoms with Crippen LogP contribution < -0.4 is 10.1 Å². The van der Waals surface area contributed by atoms with Crippen molar-refractivity contribution in [3.05, 3.63) is 5.28 Å². The van der Waals surface area contributed by atoms with Crippen molar-refractivity contribution in [2.75, 3.05) is 12.4 Å². The van der Waals surface area contributed by atoms with E-state index in [4.69, 9.17) is 16.3 Å². The van der Waals surface area contributed by atoms with Gasteiger partial charge < -0.3 is 10.1 Å². The van der Waals surface area contributed by atoms with Crippen LogP contribution in [0.15, 0.2) is 0 Å². The van der Waals surface area contributed by atoms with Crippen molar-refractivity contribution in [3.63, 3.8) is 0 Å². The second kappa shape index (κ2) is 6.48. The molecule has 90 valence electrons. The smallest absolute Gasteiger partial charge is 0.322 e. The molecule has 1 rings (SSSR count). The van der Waals surface area contributed by atoms with Gasteiger partial charge in [0.05, 0.1) is 7.11 Å². The Bertz CT molecular complexity index is 335. The van der Waals surface area contributed by atoms with E-state index >= 15 is 0 Å². The normalized spacial score (nSPS) is 12.2. The first-order chi connectivity index (χ1) is 7.69. The van der Waals surface area contributed by atoms with Gasteiger partial charge in [0.15, 0.2) is 0 Å². The van der Waals surface area contributed by atoms with Crippen molar-refractivity contribution in [1.29, 1.82) is 0 Å². The Morgan fingerprint density at radius 1 is 1.31 bits per heavy atom. The van der Waals surface area contributed by atoms with E-state index in [1.54, 1.807) is 0 Å². The summed E-state index contributed by atoms with van der Waals surface area (Å²) in [5, 5.41) is 3.36. The van der Waals surface area contributed by atoms with Gasteiger partial charge in [0, 0.05) is 6.04 Å². The zero-order valence-corrected chi connectivity index (χ0v) is 10.6. The lowest BCUT2D eigenvalue weighted by atomic mass is 10.1. The highest BCUT2D eigenvalue weighted by molar-refractivity contribution is 6.28. The Morgan fingerprint density at radius 3 is 2.62 bits per heavy atom. The number of methoxy groups -OCH3 is 1. The molecule has 1 heterocycles. The molecule has 1 N–H and O–H groups in total. The molecule has 0 bridgehead atoms. The van der Waals surface area contributed by atoms with Gasteiger partial charge in [-0.2, -0.15) is 15.0 Å². The van der Waals surface area contributed by atoms with Crippen LogP contribution in [0.3, 0.4) is 0 Å². The SMILES string of the molecule is CCCC(CC)Nc1nc(Cl)nc(OC)n1. The number of anilines is 1. The van der Waals surface area contributed by atoms with E-state index in [-0.39, 0.29) is 11.3 Å². The lowest BCUT2D eigenvalue weighted by molar-refractivity contribution is 0.378. The molecule has 0 saturated carbocycles. The Balaban J connectivity index is 2.74. The quantitative estimate of drug-likeness (QED) is 0.833. The maximum atomic E-state index is 5.75. The number of nitrogens with zero attached hydrogens (tertiary/aromatic N) is 3. The number of halogens is 1. The lowest BCUT2D eigenvalue weighted by Crippen LogP contribution is -2.20. The van der Waals surface area contributed by atoms with Gasteiger partial charge in [0.2, 0.25) is 11.2 Å². The van der Waals surface area contributed by atoms with E-state index in [1.807, 2.05) is 0 Å². The van der Waals surface area contributed by atoms with E-state index in [0.717, 1.165) is 19.3 Å². The molecule has 0 radical (unpaired) electrons. The second-order valence-corrected chi connectivity index (χ2v) is 3.79. The van der Waals surface area contributed by atoms with Crippen molar-refractivity contribution < 1.29 is 4.74 Å². The topological polar surface area (TPSA) is 59.9 Å². The zero-order chi connectivity index (χ0) is 12.0. The molecule has 0 amide bonds. The fourth-order valence-corrected chi connectivity index (χ4v) is 1.55. The largest absolute Gasteiger partial charge is 0.467 e. The van der Waals surface area contributed by atoms with E-state index in [9.17, 15) is 0 Å². The summed E-state index contributed by atoms with van der Waals surface area (Å²) in [6.07, 6.45) is 3.20. The van der Waals surface area contributed by atoms with Crippen LogP contribution in [-0.2, 0) is 0 Å². The molecule has 0 spiro atoms. The van der Waals surface area contributed by atoms with Gasteiger partial charge in [-0.1, -0.05) is 20.3 Å². The third-order valence-electron chi connectivity index (χ3n) is 2.23. The van der Waals surface area contributed by atoms with Crippen LogP contribution in [0.2, 0.25) is 5.28 Å². The number of aromatic nitrogens is 3. The van der Waals surface area contributed by atoms with Gasteiger partial charge >= 0.3 is 6.01 Å². The molecule has 0 aliphatic heterocycles. The molecule has 5 nitrogen and oxygen atoms in total. The number of hydrogen-bond donors (Lipinski definition) is 1. The van der Waals surface area contributed by atoms with Crippen LogP contribution in [0.1, 0.15) is 33.1 Å². The molecule has 1 atom stereocenters. The van der Waals surface area contributed by atoms with Gasteiger partial charge in [-0.15, -0.1) is 0 Å². The standard InChI is InChI=1S/C10H17ClN4O/c1-4-6-7(5-2)12-9-13-8(11)14-10(15-9)16-3/h7H,4-6H2,1-3H3,(H,12,13,14,15). The number of ether oxygens (including phenoxy) is 1. The molecule has 16 heavy (non-hydrogen) atoms. The Morgan fingerprint density at radius 2 is 2.06 bits per heavy atom. The van der Waals surface area contributed by atoms with Crippen molar-refractivity contribution in [3.8, 4) is 6.01 Å². The van der Waals surface area contributed by atoms with E-state index < -0.39 is 0 Å². The molecule has 6 heteroatoms. The summed E-state index contributed by atoms with van der Waals surface area (Å²) in [6.45, 7) is 4.26. The summed E-state index contributed by atoms with van der Waals surface area (Å²) in [5.41, 5.74) is 0. The fourth-order valence-electron chi connectivity index (χ4n) is 1.40. The van der Waals surface area contributed by atoms with Crippen molar-refractivity contribution >= 4 is 17.5 Å². The Labute approximate surface area is 101 Å². The first-order valence-corrected chi connectivity index (χ1v) is 5.79. The van der Waals surface area contributed by atoms with E-state index in [2.05, 4.69) is 34.1 Å². The fraction of sp³-hybridized carbons (Fsp3) is 0.700. The average Bonchev–Trinajstić information content (AvgIpc) is 2.27. The van der Waals surface area contributed by atoms with E-state index in [0.29, 0.717) is 12.0 Å². The monoisotopic (exact) mass is 244 g/mol. The van der Waals surface area contributed by atoms with E-state index in [1.165, 1.54) is 7.11 Å². The first-order valence-electron chi connectivity index (χ1n) is 5.41. The Kier molecular flexibility index (Phi) is 5.25. The van der Waals surface area contributed by atoms with Gasteiger partial charge in [-0.25, -0.2) is 0 Å². The molecule has 0 aliphatic rings. The van der Waals surface area contributed by atoms with Crippen LogP contribution in [0.5, 0.6) is 6.01 Å². The molecule has 1 aromatic heterocycles. The van der Waals surface area contributed by atoms with Crippen LogP contribution in [-0.4, -0.2) is 28.1 Å². The predicted octanol–water partition coefficient (Wildman–Crippen LogP) is 2.52. The number of rotatable bonds is 6. The molecule has 1 unspecified atom stereocenters. The molecule has 0 saturated heterocycles. The van der Waals surface area contributed by atoms with Gasteiger partial charge in [0.25, 0.3) is 0 Å². The van der Waals surface area contributed by atoms with Crippen LogP contribution in [0.25, 0.3) is 0 Å². The minimum absolute atomic E-state index is 0.140. The Hall–Kier alpha value is -1.10. The van der Waals surface area contributed by atoms with Crippen molar-refractivity contribution in [2.24, 2.45) is 0 Å². The number of nitrogens with one attached hydrogen (secondary N) is 1. The van der Waals surface area contributed by atoms with Crippen LogP contribution >= 0.6 is 11.6 Å². The van der Waals surface area contributed by atoms with Gasteiger partial charge in [0.1, 0.15) is 0 Å². The summed E-state index contributed by atoms with van der Waals surface area (Å²) in [7, 11) is 1.50. The predicted molar refractivity (Wildman–Crippen MR) is 64.0 cm³/mol. The van der Waals surface area contributed by atoms with Crippen molar-refractivity contribution in [1.82, 2.24) is 15.0 Å². The minimum Gasteiger partial charge on any atom is -0.467 e. The summed E-state index contributed by atoms with van der Waals surface area (Å²) >= 11 is 5.75. The first kappa shape index (κ1) is 13.0. The molecule has 0 aromatic carbocycles. The lowest BCUT2D eigenvalue weighted by Gasteiger charge is -2.15. The maximum Gasteiger partial charge on any atom is 0.322 e. The maximum absolute atomic E-state index is 5.75. The summed E-state index contributed by atoms with van der Waals surface area (Å²) < 4.78 is 4.92. The second-order valence-electron chi connectivity index (χ2n) is 3.45. The van der Waals surface area contributed by atoms with Crippen LogP contribution in [0.4, 0.5) is 5.95 Å². The van der Waals surface area contributed by atoms with Crippen LogP contribution in [0, 0.1) is 0 Å². The number of hydrogen-bond acceptors (Lipinski definition) is 5. The minimum atomic E-state index is 0.140. The molecular formula is C10H17ClN4O. The summed E-state index contributed by atoms with van der Waals surface area (Å²) in [6, 6.07) is 0.585. The van der Waals surface area contributed by atoms with Gasteiger partial charge in [-0.3, -0.25) is 0 Å². The molecule has 0 aliphatic carbocycles. The third kappa shape index (κ3) is 3.81. The molecule has 0 fully saturated rings. The average molecular weight is 245 g/mol. The summed E-state index contributed by atoms with van der Waals surface area (Å²) in [5.74, 6) is 0.470.